The Kier molecular flexibility index (Phi) is 6.37. The Labute approximate surface area is 96.9 Å². The molecular weight excluding hydrogens is 208 g/mol. The smallest absolute Gasteiger partial charge is 0.247 e. The highest BCUT2D eigenvalue weighted by molar-refractivity contribution is 5.79. The van der Waals surface area contributed by atoms with Gasteiger partial charge in [-0.05, 0) is 25.8 Å². The van der Waals surface area contributed by atoms with Gasteiger partial charge in [0.25, 0.3) is 0 Å². The number of nitrogens with two attached hydrogens (primary N) is 1. The van der Waals surface area contributed by atoms with Crippen LogP contribution in [-0.2, 0) is 14.3 Å². The molecule has 0 saturated carbocycles. The number of amides is 1. The number of primary amides is 1. The minimum Gasteiger partial charge on any atom is -0.385 e. The molecule has 1 fully saturated rings. The molecule has 0 aromatic heterocycles. The lowest BCUT2D eigenvalue weighted by atomic mass is 10.2. The van der Waals surface area contributed by atoms with E-state index in [1.165, 1.54) is 0 Å². The SMILES string of the molecule is COCCCCCN1CCOC(C(N)=O)C1. The number of hydrogen-bond acceptors (Lipinski definition) is 4. The molecule has 1 unspecified atom stereocenters. The first-order chi connectivity index (χ1) is 7.74. The lowest BCUT2D eigenvalue weighted by Crippen LogP contribution is -2.48. The van der Waals surface area contributed by atoms with E-state index in [1.54, 1.807) is 7.11 Å². The van der Waals surface area contributed by atoms with Crippen LogP contribution in [0, 0.1) is 0 Å². The summed E-state index contributed by atoms with van der Waals surface area (Å²) < 4.78 is 10.3. The Bertz CT molecular complexity index is 211. The highest BCUT2D eigenvalue weighted by Gasteiger charge is 2.23. The van der Waals surface area contributed by atoms with Crippen LogP contribution in [0.25, 0.3) is 0 Å². The molecule has 0 aliphatic carbocycles. The highest BCUT2D eigenvalue weighted by Crippen LogP contribution is 2.07. The molecule has 0 bridgehead atoms. The molecule has 1 heterocycles. The zero-order chi connectivity index (χ0) is 11.8. The minimum absolute atomic E-state index is 0.357. The topological polar surface area (TPSA) is 64.8 Å². The maximum atomic E-state index is 11.0. The lowest BCUT2D eigenvalue weighted by molar-refractivity contribution is -0.135. The van der Waals surface area contributed by atoms with Gasteiger partial charge < -0.3 is 15.2 Å². The molecule has 1 aliphatic heterocycles. The molecule has 0 radical (unpaired) electrons. The van der Waals surface area contributed by atoms with Gasteiger partial charge in [-0.25, -0.2) is 0 Å². The predicted octanol–water partition coefficient (Wildman–Crippen LogP) is -0.0108. The number of methoxy groups -OCH3 is 1. The van der Waals surface area contributed by atoms with Gasteiger partial charge >= 0.3 is 0 Å². The van der Waals surface area contributed by atoms with Crippen LogP contribution in [0.3, 0.4) is 0 Å². The van der Waals surface area contributed by atoms with Crippen molar-refractivity contribution in [2.45, 2.75) is 25.4 Å². The average molecular weight is 230 g/mol. The molecule has 0 aromatic rings. The predicted molar refractivity (Wildman–Crippen MR) is 61.1 cm³/mol. The van der Waals surface area contributed by atoms with Crippen LogP contribution in [0.2, 0.25) is 0 Å². The summed E-state index contributed by atoms with van der Waals surface area (Å²) in [5, 5.41) is 0. The van der Waals surface area contributed by atoms with Gasteiger partial charge in [0.1, 0.15) is 6.10 Å². The van der Waals surface area contributed by atoms with Gasteiger partial charge in [-0.2, -0.15) is 0 Å². The van der Waals surface area contributed by atoms with E-state index >= 15 is 0 Å². The van der Waals surface area contributed by atoms with E-state index < -0.39 is 6.10 Å². The Morgan fingerprint density at radius 2 is 2.31 bits per heavy atom. The van der Waals surface area contributed by atoms with Gasteiger partial charge in [-0.3, -0.25) is 9.69 Å². The first-order valence-corrected chi connectivity index (χ1v) is 5.86. The Morgan fingerprint density at radius 3 is 3.00 bits per heavy atom. The first-order valence-electron chi connectivity index (χ1n) is 5.86. The summed E-state index contributed by atoms with van der Waals surface area (Å²) in [7, 11) is 1.72. The third-order valence-corrected chi connectivity index (χ3v) is 2.79. The fourth-order valence-electron chi connectivity index (χ4n) is 1.84. The molecule has 94 valence electrons. The second kappa shape index (κ2) is 7.60. The van der Waals surface area contributed by atoms with Gasteiger partial charge in [0.15, 0.2) is 0 Å². The van der Waals surface area contributed by atoms with E-state index in [4.69, 9.17) is 15.2 Å². The van der Waals surface area contributed by atoms with Crippen molar-refractivity contribution in [3.05, 3.63) is 0 Å². The van der Waals surface area contributed by atoms with E-state index in [2.05, 4.69) is 4.90 Å². The van der Waals surface area contributed by atoms with Crippen molar-refractivity contribution in [2.75, 3.05) is 40.0 Å². The molecule has 5 nitrogen and oxygen atoms in total. The Hall–Kier alpha value is -0.650. The summed E-state index contributed by atoms with van der Waals surface area (Å²) in [6.45, 7) is 3.98. The van der Waals surface area contributed by atoms with E-state index in [0.29, 0.717) is 13.2 Å². The number of morpholine rings is 1. The molecule has 1 aliphatic rings. The largest absolute Gasteiger partial charge is 0.385 e. The zero-order valence-corrected chi connectivity index (χ0v) is 9.98. The minimum atomic E-state index is -0.423. The summed E-state index contributed by atoms with van der Waals surface area (Å²) in [5.74, 6) is -0.357. The molecular formula is C11H22N2O3. The number of hydrogen-bond donors (Lipinski definition) is 1. The van der Waals surface area contributed by atoms with Crippen molar-refractivity contribution in [1.29, 1.82) is 0 Å². The molecule has 1 atom stereocenters. The van der Waals surface area contributed by atoms with E-state index in [1.807, 2.05) is 0 Å². The van der Waals surface area contributed by atoms with Crippen LogP contribution in [-0.4, -0.2) is 56.9 Å². The fourth-order valence-corrected chi connectivity index (χ4v) is 1.84. The summed E-state index contributed by atoms with van der Waals surface area (Å²) in [6, 6.07) is 0. The highest BCUT2D eigenvalue weighted by atomic mass is 16.5. The second-order valence-electron chi connectivity index (χ2n) is 4.12. The van der Waals surface area contributed by atoms with Crippen molar-refractivity contribution >= 4 is 5.91 Å². The number of nitrogens with zero attached hydrogens (tertiary/aromatic N) is 1. The number of unbranched alkanes of at least 4 members (excludes halogenated alkanes) is 2. The molecule has 1 amide bonds. The van der Waals surface area contributed by atoms with Crippen LogP contribution in [0.15, 0.2) is 0 Å². The molecule has 16 heavy (non-hydrogen) atoms. The van der Waals surface area contributed by atoms with Gasteiger partial charge in [-0.15, -0.1) is 0 Å². The molecule has 1 saturated heterocycles. The molecule has 1 rings (SSSR count). The Balaban J connectivity index is 2.10. The number of carbonyl (C=O) groups is 1. The van der Waals surface area contributed by atoms with Crippen LogP contribution in [0.4, 0.5) is 0 Å². The second-order valence-corrected chi connectivity index (χ2v) is 4.12. The lowest BCUT2D eigenvalue weighted by Gasteiger charge is -2.31. The number of carbonyl (C=O) groups excluding carboxylic acids is 1. The van der Waals surface area contributed by atoms with Crippen molar-refractivity contribution < 1.29 is 14.3 Å². The van der Waals surface area contributed by atoms with Gasteiger partial charge in [-0.1, -0.05) is 0 Å². The normalized spacial score (nSPS) is 22.2. The van der Waals surface area contributed by atoms with Gasteiger partial charge in [0.2, 0.25) is 5.91 Å². The van der Waals surface area contributed by atoms with Crippen LogP contribution < -0.4 is 5.73 Å². The summed E-state index contributed by atoms with van der Waals surface area (Å²) >= 11 is 0. The monoisotopic (exact) mass is 230 g/mol. The third-order valence-electron chi connectivity index (χ3n) is 2.79. The van der Waals surface area contributed by atoms with E-state index in [-0.39, 0.29) is 5.91 Å². The third kappa shape index (κ3) is 4.92. The van der Waals surface area contributed by atoms with E-state index in [0.717, 1.165) is 39.0 Å². The van der Waals surface area contributed by atoms with Gasteiger partial charge in [0.05, 0.1) is 6.61 Å². The van der Waals surface area contributed by atoms with Crippen LogP contribution in [0.5, 0.6) is 0 Å². The van der Waals surface area contributed by atoms with E-state index in [9.17, 15) is 4.79 Å². The molecule has 0 aromatic carbocycles. The zero-order valence-electron chi connectivity index (χ0n) is 9.98. The molecule has 0 spiro atoms. The quantitative estimate of drug-likeness (QED) is 0.625. The van der Waals surface area contributed by atoms with Crippen LogP contribution in [0.1, 0.15) is 19.3 Å². The van der Waals surface area contributed by atoms with Crippen molar-refractivity contribution in [3.63, 3.8) is 0 Å². The standard InChI is InChI=1S/C11H22N2O3/c1-15-7-4-2-3-5-13-6-8-16-10(9-13)11(12)14/h10H,2-9H2,1H3,(H2,12,14). The number of ether oxygens (including phenoxy) is 2. The van der Waals surface area contributed by atoms with Crippen molar-refractivity contribution in [1.82, 2.24) is 4.90 Å². The maximum Gasteiger partial charge on any atom is 0.247 e. The molecule has 5 heteroatoms. The first kappa shape index (κ1) is 13.4. The summed E-state index contributed by atoms with van der Waals surface area (Å²) in [6.07, 6.45) is 2.97. The van der Waals surface area contributed by atoms with Crippen molar-refractivity contribution in [2.24, 2.45) is 5.73 Å². The average Bonchev–Trinajstić information content (AvgIpc) is 2.29. The van der Waals surface area contributed by atoms with Crippen molar-refractivity contribution in [3.8, 4) is 0 Å². The van der Waals surface area contributed by atoms with Crippen LogP contribution >= 0.6 is 0 Å². The number of rotatable bonds is 7. The maximum absolute atomic E-state index is 11.0. The summed E-state index contributed by atoms with van der Waals surface area (Å²) in [4.78, 5) is 13.2. The summed E-state index contributed by atoms with van der Waals surface area (Å²) in [5.41, 5.74) is 5.22. The Morgan fingerprint density at radius 1 is 1.50 bits per heavy atom. The fraction of sp³-hybridized carbons (Fsp3) is 0.909. The molecule has 2 N–H and O–H groups in total. The van der Waals surface area contributed by atoms with Gasteiger partial charge in [0, 0.05) is 26.8 Å².